The Kier molecular flexibility index (Phi) is 5.05. The lowest BCUT2D eigenvalue weighted by molar-refractivity contribution is -0.133. The van der Waals surface area contributed by atoms with E-state index < -0.39 is 5.97 Å². The van der Waals surface area contributed by atoms with Crippen LogP contribution in [0.3, 0.4) is 0 Å². The van der Waals surface area contributed by atoms with E-state index in [1.54, 1.807) is 0 Å². The summed E-state index contributed by atoms with van der Waals surface area (Å²) in [5, 5.41) is 0.787. The first-order valence-corrected chi connectivity index (χ1v) is 5.81. The summed E-state index contributed by atoms with van der Waals surface area (Å²) in [6.07, 6.45) is 1.38. The lowest BCUT2D eigenvalue weighted by Gasteiger charge is -2.05. The summed E-state index contributed by atoms with van der Waals surface area (Å²) in [6.45, 7) is 0. The molecular weight excluding hydrogens is 272 g/mol. The molecule has 0 atom stereocenters. The molecule has 0 N–H and O–H groups in total. The molecule has 0 fully saturated rings. The van der Waals surface area contributed by atoms with Crippen LogP contribution in [0.4, 0.5) is 0 Å². The number of alkyl halides is 1. The van der Waals surface area contributed by atoms with Crippen molar-refractivity contribution in [3.8, 4) is 0 Å². The van der Waals surface area contributed by atoms with Crippen LogP contribution in [0.1, 0.15) is 11.1 Å². The van der Waals surface area contributed by atoms with Gasteiger partial charge in [0.1, 0.15) is 5.57 Å². The summed E-state index contributed by atoms with van der Waals surface area (Å²) in [5.74, 6) is -0.409. The molecule has 4 heteroatoms. The molecule has 1 aromatic rings. The van der Waals surface area contributed by atoms with Gasteiger partial charge in [-0.1, -0.05) is 40.2 Å². The van der Waals surface area contributed by atoms with Crippen molar-refractivity contribution in [3.63, 3.8) is 0 Å². The van der Waals surface area contributed by atoms with Crippen LogP contribution in [0.15, 0.2) is 30.5 Å². The zero-order valence-corrected chi connectivity index (χ0v) is 10.8. The van der Waals surface area contributed by atoms with Crippen molar-refractivity contribution in [2.45, 2.75) is 5.33 Å². The van der Waals surface area contributed by atoms with E-state index in [0.29, 0.717) is 5.57 Å². The van der Waals surface area contributed by atoms with Crippen molar-refractivity contribution < 1.29 is 14.3 Å². The fourth-order valence-corrected chi connectivity index (χ4v) is 1.61. The van der Waals surface area contributed by atoms with Crippen LogP contribution in [-0.4, -0.2) is 20.2 Å². The van der Waals surface area contributed by atoms with Crippen LogP contribution in [0, 0.1) is 0 Å². The molecule has 0 saturated carbocycles. The number of ether oxygens (including phenoxy) is 2. The number of esters is 1. The van der Waals surface area contributed by atoms with E-state index in [-0.39, 0.29) is 0 Å². The Morgan fingerprint density at radius 3 is 2.38 bits per heavy atom. The molecule has 0 heterocycles. The summed E-state index contributed by atoms with van der Waals surface area (Å²) in [7, 11) is 2.84. The molecule has 0 aromatic heterocycles. The second-order valence-corrected chi connectivity index (χ2v) is 3.65. The Morgan fingerprint density at radius 1 is 1.31 bits per heavy atom. The molecule has 1 aromatic carbocycles. The number of methoxy groups -OCH3 is 2. The molecule has 0 aliphatic carbocycles. The highest BCUT2D eigenvalue weighted by atomic mass is 79.9. The molecule has 0 aliphatic rings. The van der Waals surface area contributed by atoms with Crippen LogP contribution in [0.25, 0.3) is 5.57 Å². The standard InChI is InChI=1S/C12H13BrO3/c1-15-8-11(12(14)16-2)10-5-3-9(7-13)4-6-10/h3-6,8H,7H2,1-2H3/b11-8+. The number of rotatable bonds is 4. The third kappa shape index (κ3) is 3.10. The van der Waals surface area contributed by atoms with Gasteiger partial charge in [-0.3, -0.25) is 0 Å². The van der Waals surface area contributed by atoms with Gasteiger partial charge in [0.25, 0.3) is 0 Å². The van der Waals surface area contributed by atoms with Crippen LogP contribution < -0.4 is 0 Å². The summed E-state index contributed by atoms with van der Waals surface area (Å²) >= 11 is 3.36. The van der Waals surface area contributed by atoms with Gasteiger partial charge >= 0.3 is 5.97 Å². The van der Waals surface area contributed by atoms with Gasteiger partial charge < -0.3 is 9.47 Å². The Balaban J connectivity index is 3.02. The fourth-order valence-electron chi connectivity index (χ4n) is 1.24. The summed E-state index contributed by atoms with van der Waals surface area (Å²) in [5.41, 5.74) is 2.33. The highest BCUT2D eigenvalue weighted by Crippen LogP contribution is 2.17. The van der Waals surface area contributed by atoms with E-state index in [0.717, 1.165) is 16.5 Å². The van der Waals surface area contributed by atoms with Crippen LogP contribution in [0.2, 0.25) is 0 Å². The molecule has 0 saturated heterocycles. The maximum atomic E-state index is 11.5. The average Bonchev–Trinajstić information content (AvgIpc) is 2.35. The second-order valence-electron chi connectivity index (χ2n) is 3.09. The summed E-state index contributed by atoms with van der Waals surface area (Å²) < 4.78 is 9.55. The van der Waals surface area contributed by atoms with Crippen LogP contribution in [0.5, 0.6) is 0 Å². The monoisotopic (exact) mass is 284 g/mol. The predicted octanol–water partition coefficient (Wildman–Crippen LogP) is 2.74. The van der Waals surface area contributed by atoms with Gasteiger partial charge in [0.05, 0.1) is 20.5 Å². The molecule has 0 amide bonds. The predicted molar refractivity (Wildman–Crippen MR) is 66.1 cm³/mol. The third-order valence-corrected chi connectivity index (χ3v) is 2.71. The van der Waals surface area contributed by atoms with Gasteiger partial charge in [-0.15, -0.1) is 0 Å². The van der Waals surface area contributed by atoms with Crippen molar-refractivity contribution in [1.82, 2.24) is 0 Å². The molecule has 0 unspecified atom stereocenters. The zero-order chi connectivity index (χ0) is 12.0. The van der Waals surface area contributed by atoms with E-state index in [2.05, 4.69) is 20.7 Å². The largest absolute Gasteiger partial charge is 0.503 e. The Morgan fingerprint density at radius 2 is 1.94 bits per heavy atom. The molecule has 1 rings (SSSR count). The quantitative estimate of drug-likeness (QED) is 0.369. The normalized spacial score (nSPS) is 11.1. The fraction of sp³-hybridized carbons (Fsp3) is 0.250. The van der Waals surface area contributed by atoms with Crippen LogP contribution >= 0.6 is 15.9 Å². The van der Waals surface area contributed by atoms with Gasteiger partial charge in [-0.25, -0.2) is 4.79 Å². The number of benzene rings is 1. The zero-order valence-electron chi connectivity index (χ0n) is 9.20. The first-order chi connectivity index (χ1) is 7.72. The maximum absolute atomic E-state index is 11.5. The topological polar surface area (TPSA) is 35.5 Å². The van der Waals surface area contributed by atoms with Crippen molar-refractivity contribution in [2.75, 3.05) is 14.2 Å². The molecule has 0 bridgehead atoms. The summed E-state index contributed by atoms with van der Waals surface area (Å²) in [6, 6.07) is 7.60. The minimum absolute atomic E-state index is 0.408. The second kappa shape index (κ2) is 6.33. The van der Waals surface area contributed by atoms with Crippen LogP contribution in [-0.2, 0) is 19.6 Å². The van der Waals surface area contributed by atoms with Crippen molar-refractivity contribution in [3.05, 3.63) is 41.7 Å². The highest BCUT2D eigenvalue weighted by Gasteiger charge is 2.12. The maximum Gasteiger partial charge on any atom is 0.341 e. The van der Waals surface area contributed by atoms with E-state index >= 15 is 0 Å². The molecule has 0 spiro atoms. The first-order valence-electron chi connectivity index (χ1n) is 4.69. The molecule has 16 heavy (non-hydrogen) atoms. The van der Waals surface area contributed by atoms with E-state index in [1.165, 1.54) is 20.5 Å². The lowest BCUT2D eigenvalue weighted by atomic mass is 10.1. The molecular formula is C12H13BrO3. The van der Waals surface area contributed by atoms with Gasteiger partial charge in [0.2, 0.25) is 0 Å². The number of carbonyl (C=O) groups excluding carboxylic acids is 1. The number of hydrogen-bond donors (Lipinski definition) is 0. The summed E-state index contributed by atoms with van der Waals surface area (Å²) in [4.78, 5) is 11.5. The Hall–Kier alpha value is -1.29. The van der Waals surface area contributed by atoms with Gasteiger partial charge in [-0.2, -0.15) is 0 Å². The highest BCUT2D eigenvalue weighted by molar-refractivity contribution is 9.08. The first kappa shape index (κ1) is 12.8. The molecule has 3 nitrogen and oxygen atoms in total. The van der Waals surface area contributed by atoms with Crippen molar-refractivity contribution in [1.29, 1.82) is 0 Å². The average molecular weight is 285 g/mol. The van der Waals surface area contributed by atoms with E-state index in [1.807, 2.05) is 24.3 Å². The molecule has 0 radical (unpaired) electrons. The Bertz CT molecular complexity index is 382. The van der Waals surface area contributed by atoms with Gasteiger partial charge in [0, 0.05) is 5.33 Å². The minimum atomic E-state index is -0.409. The lowest BCUT2D eigenvalue weighted by Crippen LogP contribution is -2.04. The van der Waals surface area contributed by atoms with Gasteiger partial charge in [-0.05, 0) is 11.1 Å². The molecule has 86 valence electrons. The SMILES string of the molecule is CO/C=C(/C(=O)OC)c1ccc(CBr)cc1. The van der Waals surface area contributed by atoms with Crippen molar-refractivity contribution >= 4 is 27.5 Å². The third-order valence-electron chi connectivity index (χ3n) is 2.06. The number of halogens is 1. The Labute approximate surface area is 103 Å². The molecule has 0 aliphatic heterocycles. The van der Waals surface area contributed by atoms with Gasteiger partial charge in [0.15, 0.2) is 0 Å². The minimum Gasteiger partial charge on any atom is -0.503 e. The number of carbonyl (C=O) groups is 1. The smallest absolute Gasteiger partial charge is 0.341 e. The van der Waals surface area contributed by atoms with E-state index in [4.69, 9.17) is 4.74 Å². The number of hydrogen-bond acceptors (Lipinski definition) is 3. The van der Waals surface area contributed by atoms with Crippen molar-refractivity contribution in [2.24, 2.45) is 0 Å². The van der Waals surface area contributed by atoms with E-state index in [9.17, 15) is 4.79 Å².